The minimum absolute atomic E-state index is 0.543. The van der Waals surface area contributed by atoms with Gasteiger partial charge in [0.15, 0.2) is 0 Å². The number of hydrogen-bond acceptors (Lipinski definition) is 4. The lowest BCUT2D eigenvalue weighted by molar-refractivity contribution is 0.432. The Labute approximate surface area is 109 Å². The highest BCUT2D eigenvalue weighted by Gasteiger charge is 2.15. The summed E-state index contributed by atoms with van der Waals surface area (Å²) < 4.78 is 5.33. The summed E-state index contributed by atoms with van der Waals surface area (Å²) in [7, 11) is 0. The van der Waals surface area contributed by atoms with E-state index in [-0.39, 0.29) is 0 Å². The van der Waals surface area contributed by atoms with Crippen LogP contribution in [0.15, 0.2) is 41.1 Å². The highest BCUT2D eigenvalue weighted by Crippen LogP contribution is 2.28. The smallest absolute Gasteiger partial charge is 0.258 e. The van der Waals surface area contributed by atoms with E-state index in [4.69, 9.17) is 4.52 Å². The van der Waals surface area contributed by atoms with Crippen LogP contribution in [0.5, 0.6) is 0 Å². The molecule has 4 rings (SSSR count). The normalized spacial score (nSPS) is 13.3. The predicted octanol–water partition coefficient (Wildman–Crippen LogP) is 2.70. The zero-order valence-corrected chi connectivity index (χ0v) is 10.2. The lowest BCUT2D eigenvalue weighted by Crippen LogP contribution is -1.91. The van der Waals surface area contributed by atoms with Crippen molar-refractivity contribution in [3.8, 4) is 23.0 Å². The third-order valence-electron chi connectivity index (χ3n) is 3.33. The first kappa shape index (κ1) is 10.4. The van der Waals surface area contributed by atoms with Crippen molar-refractivity contribution in [2.45, 2.75) is 6.42 Å². The first-order chi connectivity index (χ1) is 9.40. The van der Waals surface area contributed by atoms with Crippen LogP contribution in [0, 0.1) is 0 Å². The summed E-state index contributed by atoms with van der Waals surface area (Å²) in [4.78, 5) is 7.47. The molecule has 94 valence electrons. The minimum Gasteiger partial charge on any atom is -0.384 e. The fourth-order valence-corrected chi connectivity index (χ4v) is 2.34. The van der Waals surface area contributed by atoms with Crippen molar-refractivity contribution in [3.63, 3.8) is 0 Å². The first-order valence-corrected chi connectivity index (χ1v) is 6.25. The van der Waals surface area contributed by atoms with Gasteiger partial charge < -0.3 is 14.8 Å². The summed E-state index contributed by atoms with van der Waals surface area (Å²) in [5.41, 5.74) is 4.30. The molecular formula is C14H12N4O. The van der Waals surface area contributed by atoms with Gasteiger partial charge in [0, 0.05) is 24.0 Å². The van der Waals surface area contributed by atoms with Gasteiger partial charge in [-0.05, 0) is 36.2 Å². The van der Waals surface area contributed by atoms with Crippen molar-refractivity contribution >= 4 is 5.69 Å². The molecule has 0 amide bonds. The lowest BCUT2D eigenvalue weighted by atomic mass is 10.1. The molecule has 1 aliphatic heterocycles. The number of nitrogens with one attached hydrogen (secondary N) is 2. The fraction of sp³-hybridized carbons (Fsp3) is 0.143. The van der Waals surface area contributed by atoms with Crippen molar-refractivity contribution in [2.24, 2.45) is 0 Å². The maximum Gasteiger partial charge on any atom is 0.258 e. The Morgan fingerprint density at radius 2 is 2.21 bits per heavy atom. The largest absolute Gasteiger partial charge is 0.384 e. The van der Waals surface area contributed by atoms with E-state index >= 15 is 0 Å². The van der Waals surface area contributed by atoms with Crippen molar-refractivity contribution in [1.29, 1.82) is 0 Å². The molecule has 3 heterocycles. The molecule has 2 aromatic heterocycles. The Kier molecular flexibility index (Phi) is 2.17. The molecule has 0 radical (unpaired) electrons. The Hall–Kier alpha value is -2.56. The second-order valence-electron chi connectivity index (χ2n) is 4.56. The number of nitrogens with zero attached hydrogens (tertiary/aromatic N) is 2. The molecule has 2 N–H and O–H groups in total. The summed E-state index contributed by atoms with van der Waals surface area (Å²) in [5.74, 6) is 1.12. The SMILES string of the molecule is c1c[nH]c(-c2noc(-c3ccc4c(c3)NCC4)n2)c1. The van der Waals surface area contributed by atoms with Gasteiger partial charge in [0.2, 0.25) is 5.82 Å². The van der Waals surface area contributed by atoms with Gasteiger partial charge in [-0.2, -0.15) is 4.98 Å². The predicted molar refractivity (Wildman–Crippen MR) is 71.7 cm³/mol. The molecule has 0 atom stereocenters. The lowest BCUT2D eigenvalue weighted by Gasteiger charge is -2.00. The van der Waals surface area contributed by atoms with Crippen LogP contribution < -0.4 is 5.32 Å². The molecule has 0 fully saturated rings. The number of aromatic amines is 1. The van der Waals surface area contributed by atoms with Gasteiger partial charge in [0.1, 0.15) is 0 Å². The van der Waals surface area contributed by atoms with Gasteiger partial charge in [-0.25, -0.2) is 0 Å². The zero-order valence-electron chi connectivity index (χ0n) is 10.2. The van der Waals surface area contributed by atoms with E-state index in [0.29, 0.717) is 11.7 Å². The summed E-state index contributed by atoms with van der Waals surface area (Å²) in [6, 6.07) is 10.0. The molecule has 0 saturated heterocycles. The second-order valence-corrected chi connectivity index (χ2v) is 4.56. The molecular weight excluding hydrogens is 240 g/mol. The topological polar surface area (TPSA) is 66.7 Å². The Morgan fingerprint density at radius 1 is 1.21 bits per heavy atom. The third-order valence-corrected chi connectivity index (χ3v) is 3.33. The molecule has 5 heteroatoms. The summed E-state index contributed by atoms with van der Waals surface area (Å²) >= 11 is 0. The molecule has 0 unspecified atom stereocenters. The van der Waals surface area contributed by atoms with Crippen molar-refractivity contribution < 1.29 is 4.52 Å². The fourth-order valence-electron chi connectivity index (χ4n) is 2.34. The number of benzene rings is 1. The number of rotatable bonds is 2. The van der Waals surface area contributed by atoms with Crippen LogP contribution in [-0.4, -0.2) is 21.7 Å². The molecule has 5 nitrogen and oxygen atoms in total. The van der Waals surface area contributed by atoms with Crippen molar-refractivity contribution in [1.82, 2.24) is 15.1 Å². The molecule has 1 aromatic carbocycles. The van der Waals surface area contributed by atoms with Crippen LogP contribution in [0.1, 0.15) is 5.56 Å². The van der Waals surface area contributed by atoms with Crippen LogP contribution in [-0.2, 0) is 6.42 Å². The molecule has 0 spiro atoms. The maximum absolute atomic E-state index is 5.33. The second kappa shape index (κ2) is 3.98. The number of fused-ring (bicyclic) bond motifs is 1. The Bertz CT molecular complexity index is 715. The van der Waals surface area contributed by atoms with Crippen LogP contribution in [0.3, 0.4) is 0 Å². The van der Waals surface area contributed by atoms with E-state index in [9.17, 15) is 0 Å². The first-order valence-electron chi connectivity index (χ1n) is 6.25. The number of hydrogen-bond donors (Lipinski definition) is 2. The highest BCUT2D eigenvalue weighted by molar-refractivity contribution is 5.67. The van der Waals surface area contributed by atoms with Gasteiger partial charge in [-0.15, -0.1) is 0 Å². The van der Waals surface area contributed by atoms with Crippen molar-refractivity contribution in [3.05, 3.63) is 42.1 Å². The zero-order chi connectivity index (χ0) is 12.7. The summed E-state index contributed by atoms with van der Waals surface area (Å²) in [6.07, 6.45) is 2.91. The minimum atomic E-state index is 0.543. The standard InChI is InChI=1S/C14H12N4O/c1-2-11(15-6-1)13-17-14(19-18-13)10-4-3-9-5-7-16-12(9)8-10/h1-4,6,8,15-16H,5,7H2. The average Bonchev–Trinajstić information content (AvgIpc) is 3.18. The molecule has 19 heavy (non-hydrogen) atoms. The molecule has 1 aliphatic rings. The van der Waals surface area contributed by atoms with Crippen LogP contribution >= 0.6 is 0 Å². The molecule has 0 bridgehead atoms. The monoisotopic (exact) mass is 252 g/mol. The quantitative estimate of drug-likeness (QED) is 0.736. The van der Waals surface area contributed by atoms with E-state index in [1.54, 1.807) is 0 Å². The maximum atomic E-state index is 5.33. The van der Waals surface area contributed by atoms with Crippen molar-refractivity contribution in [2.75, 3.05) is 11.9 Å². The van der Waals surface area contributed by atoms with E-state index in [0.717, 1.165) is 29.9 Å². The van der Waals surface area contributed by atoms with E-state index in [1.165, 1.54) is 5.56 Å². The van der Waals surface area contributed by atoms with Gasteiger partial charge in [0.05, 0.1) is 5.69 Å². The Balaban J connectivity index is 1.73. The Morgan fingerprint density at radius 3 is 3.11 bits per heavy atom. The highest BCUT2D eigenvalue weighted by atomic mass is 16.5. The van der Waals surface area contributed by atoms with Gasteiger partial charge in [0.25, 0.3) is 5.89 Å². The number of H-pyrrole nitrogens is 1. The number of anilines is 1. The summed E-state index contributed by atoms with van der Waals surface area (Å²) in [6.45, 7) is 0.996. The molecule has 0 saturated carbocycles. The average molecular weight is 252 g/mol. The van der Waals surface area contributed by atoms with Gasteiger partial charge in [-0.1, -0.05) is 11.2 Å². The van der Waals surface area contributed by atoms with E-state index < -0.39 is 0 Å². The van der Waals surface area contributed by atoms with Crippen LogP contribution in [0.2, 0.25) is 0 Å². The van der Waals surface area contributed by atoms with Crippen LogP contribution in [0.25, 0.3) is 23.0 Å². The van der Waals surface area contributed by atoms with Gasteiger partial charge in [-0.3, -0.25) is 0 Å². The molecule has 3 aromatic rings. The number of aromatic nitrogens is 3. The third kappa shape index (κ3) is 1.71. The van der Waals surface area contributed by atoms with Crippen LogP contribution in [0.4, 0.5) is 5.69 Å². The summed E-state index contributed by atoms with van der Waals surface area (Å²) in [5, 5.41) is 7.34. The molecule has 0 aliphatic carbocycles. The van der Waals surface area contributed by atoms with E-state index in [2.05, 4.69) is 32.6 Å². The van der Waals surface area contributed by atoms with E-state index in [1.807, 2.05) is 24.4 Å². The van der Waals surface area contributed by atoms with Gasteiger partial charge >= 0.3 is 0 Å².